The van der Waals surface area contributed by atoms with Crippen LogP contribution in [-0.4, -0.2) is 37.0 Å². The molecule has 0 spiro atoms. The van der Waals surface area contributed by atoms with E-state index >= 15 is 0 Å². The minimum Gasteiger partial charge on any atom is -0.493 e. The second-order valence-corrected chi connectivity index (χ2v) is 6.47. The van der Waals surface area contributed by atoms with Gasteiger partial charge in [-0.25, -0.2) is 0 Å². The predicted molar refractivity (Wildman–Crippen MR) is 96.2 cm³/mol. The fraction of sp³-hybridized carbons (Fsp3) is 0.611. The number of benzene rings is 1. The highest BCUT2D eigenvalue weighted by atomic mass is 35.5. The van der Waals surface area contributed by atoms with Crippen LogP contribution in [0.5, 0.6) is 5.75 Å². The number of nitrogens with zero attached hydrogens (tertiary/aromatic N) is 1. The summed E-state index contributed by atoms with van der Waals surface area (Å²) in [6.45, 7) is 9.02. The molecule has 23 heavy (non-hydrogen) atoms. The normalized spacial score (nSPS) is 20.8. The number of amides is 1. The molecule has 0 saturated carbocycles. The van der Waals surface area contributed by atoms with E-state index in [1.165, 1.54) is 5.56 Å². The van der Waals surface area contributed by atoms with Crippen LogP contribution in [0.1, 0.15) is 30.9 Å². The minimum absolute atomic E-state index is 0. The summed E-state index contributed by atoms with van der Waals surface area (Å²) in [4.78, 5) is 14.3. The van der Waals surface area contributed by atoms with E-state index in [1.807, 2.05) is 30.9 Å². The lowest BCUT2D eigenvalue weighted by molar-refractivity contribution is -0.134. The summed E-state index contributed by atoms with van der Waals surface area (Å²) in [7, 11) is 0. The maximum absolute atomic E-state index is 12.3. The lowest BCUT2D eigenvalue weighted by Crippen LogP contribution is -2.45. The van der Waals surface area contributed by atoms with Crippen molar-refractivity contribution in [2.45, 2.75) is 33.6 Å². The van der Waals surface area contributed by atoms with E-state index in [1.54, 1.807) is 0 Å². The average molecular weight is 341 g/mol. The van der Waals surface area contributed by atoms with E-state index in [4.69, 9.17) is 10.5 Å². The Balaban J connectivity index is 0.00000264. The summed E-state index contributed by atoms with van der Waals surface area (Å²) in [6.07, 6.45) is 1.48. The van der Waals surface area contributed by atoms with Gasteiger partial charge < -0.3 is 15.4 Å². The highest BCUT2D eigenvalue weighted by Gasteiger charge is 2.27. The lowest BCUT2D eigenvalue weighted by atomic mass is 9.87. The maximum Gasteiger partial charge on any atom is 0.226 e. The topological polar surface area (TPSA) is 55.6 Å². The summed E-state index contributed by atoms with van der Waals surface area (Å²) in [6, 6.07) is 6.13. The largest absolute Gasteiger partial charge is 0.493 e. The third-order valence-electron chi connectivity index (χ3n) is 4.69. The van der Waals surface area contributed by atoms with E-state index in [0.29, 0.717) is 31.4 Å². The Kier molecular flexibility index (Phi) is 7.86. The Morgan fingerprint density at radius 2 is 2.13 bits per heavy atom. The minimum atomic E-state index is 0. The molecule has 0 radical (unpaired) electrons. The molecule has 0 aromatic heterocycles. The number of likely N-dealkylation sites (tertiary alicyclic amines) is 1. The van der Waals surface area contributed by atoms with Crippen molar-refractivity contribution in [1.82, 2.24) is 4.90 Å². The van der Waals surface area contributed by atoms with Gasteiger partial charge >= 0.3 is 0 Å². The van der Waals surface area contributed by atoms with E-state index in [0.717, 1.165) is 30.8 Å². The van der Waals surface area contributed by atoms with Crippen LogP contribution in [0.3, 0.4) is 0 Å². The van der Waals surface area contributed by atoms with Crippen molar-refractivity contribution in [3.05, 3.63) is 29.3 Å². The van der Waals surface area contributed by atoms with Crippen LogP contribution in [-0.2, 0) is 4.79 Å². The molecule has 1 aliphatic rings. The third kappa shape index (κ3) is 5.40. The molecule has 2 rings (SSSR count). The van der Waals surface area contributed by atoms with E-state index < -0.39 is 0 Å². The highest BCUT2D eigenvalue weighted by molar-refractivity contribution is 5.85. The fourth-order valence-electron chi connectivity index (χ4n) is 2.95. The number of nitrogens with two attached hydrogens (primary N) is 1. The predicted octanol–water partition coefficient (Wildman–Crippen LogP) is 2.94. The Bertz CT molecular complexity index is 522. The zero-order valence-electron chi connectivity index (χ0n) is 14.4. The van der Waals surface area contributed by atoms with Gasteiger partial charge in [-0.1, -0.05) is 19.1 Å². The van der Waals surface area contributed by atoms with Crippen LogP contribution in [0.25, 0.3) is 0 Å². The average Bonchev–Trinajstić information content (AvgIpc) is 2.51. The van der Waals surface area contributed by atoms with E-state index in [-0.39, 0.29) is 18.3 Å². The van der Waals surface area contributed by atoms with Crippen LogP contribution >= 0.6 is 12.4 Å². The zero-order valence-corrected chi connectivity index (χ0v) is 15.2. The molecule has 2 atom stereocenters. The van der Waals surface area contributed by atoms with Gasteiger partial charge in [-0.15, -0.1) is 12.4 Å². The number of aryl methyl sites for hydroxylation is 2. The van der Waals surface area contributed by atoms with Gasteiger partial charge in [0.05, 0.1) is 13.0 Å². The summed E-state index contributed by atoms with van der Waals surface area (Å²) in [5.41, 5.74) is 8.07. The summed E-state index contributed by atoms with van der Waals surface area (Å²) in [5.74, 6) is 2.09. The van der Waals surface area contributed by atoms with Crippen LogP contribution in [0.2, 0.25) is 0 Å². The van der Waals surface area contributed by atoms with Gasteiger partial charge in [-0.05, 0) is 55.8 Å². The number of ether oxygens (including phenoxy) is 1. The molecular formula is C18H29ClN2O2. The van der Waals surface area contributed by atoms with Crippen molar-refractivity contribution < 1.29 is 9.53 Å². The van der Waals surface area contributed by atoms with Gasteiger partial charge in [-0.2, -0.15) is 0 Å². The molecule has 0 bridgehead atoms. The highest BCUT2D eigenvalue weighted by Crippen LogP contribution is 2.23. The molecule has 130 valence electrons. The van der Waals surface area contributed by atoms with Gasteiger partial charge in [-0.3, -0.25) is 4.79 Å². The smallest absolute Gasteiger partial charge is 0.226 e. The zero-order chi connectivity index (χ0) is 16.1. The van der Waals surface area contributed by atoms with Crippen LogP contribution in [0.4, 0.5) is 0 Å². The molecule has 1 fully saturated rings. The monoisotopic (exact) mass is 340 g/mol. The fourth-order valence-corrected chi connectivity index (χ4v) is 2.95. The Labute approximate surface area is 145 Å². The van der Waals surface area contributed by atoms with Gasteiger partial charge in [0.25, 0.3) is 0 Å². The first-order valence-corrected chi connectivity index (χ1v) is 8.19. The number of carbonyl (C=O) groups excluding carboxylic acids is 1. The Hall–Kier alpha value is -1.26. The Morgan fingerprint density at radius 1 is 1.39 bits per heavy atom. The van der Waals surface area contributed by atoms with Gasteiger partial charge in [0.1, 0.15) is 5.75 Å². The van der Waals surface area contributed by atoms with Crippen LogP contribution in [0, 0.1) is 25.7 Å². The number of rotatable bonds is 5. The molecule has 1 aliphatic heterocycles. The number of hydrogen-bond acceptors (Lipinski definition) is 3. The number of hydrogen-bond donors (Lipinski definition) is 1. The molecule has 2 N–H and O–H groups in total. The molecule has 1 saturated heterocycles. The SMILES string of the molecule is Cc1ccc(C)c(OCCC(=O)N2CCC(C)C(CN)C2)c1.Cl. The van der Waals surface area contributed by atoms with Crippen LogP contribution in [0.15, 0.2) is 18.2 Å². The molecule has 0 aliphatic carbocycles. The molecular weight excluding hydrogens is 312 g/mol. The summed E-state index contributed by atoms with van der Waals surface area (Å²) in [5, 5.41) is 0. The molecule has 4 nitrogen and oxygen atoms in total. The van der Waals surface area contributed by atoms with Crippen molar-refractivity contribution >= 4 is 18.3 Å². The number of piperidine rings is 1. The van der Waals surface area contributed by atoms with Gasteiger partial charge in [0.15, 0.2) is 0 Å². The first kappa shape index (κ1) is 19.8. The quantitative estimate of drug-likeness (QED) is 0.896. The van der Waals surface area contributed by atoms with Crippen LogP contribution < -0.4 is 10.5 Å². The summed E-state index contributed by atoms with van der Waals surface area (Å²) >= 11 is 0. The standard InChI is InChI=1S/C18H28N2O2.ClH/c1-13-4-5-15(3)17(10-13)22-9-7-18(21)20-8-6-14(2)16(11-19)12-20;/h4-5,10,14,16H,6-9,11-12,19H2,1-3H3;1H. The van der Waals surface area contributed by atoms with Crippen molar-refractivity contribution in [3.8, 4) is 5.75 Å². The molecule has 1 aromatic rings. The van der Waals surface area contributed by atoms with Gasteiger partial charge in [0, 0.05) is 13.1 Å². The third-order valence-corrected chi connectivity index (χ3v) is 4.69. The first-order valence-electron chi connectivity index (χ1n) is 8.19. The van der Waals surface area contributed by atoms with Crippen molar-refractivity contribution in [3.63, 3.8) is 0 Å². The number of carbonyl (C=O) groups is 1. The maximum atomic E-state index is 12.3. The van der Waals surface area contributed by atoms with E-state index in [9.17, 15) is 4.79 Å². The molecule has 1 heterocycles. The van der Waals surface area contributed by atoms with Crippen molar-refractivity contribution in [2.75, 3.05) is 26.2 Å². The lowest BCUT2D eigenvalue weighted by Gasteiger charge is -2.36. The van der Waals surface area contributed by atoms with E-state index in [2.05, 4.69) is 13.0 Å². The molecule has 2 unspecified atom stereocenters. The van der Waals surface area contributed by atoms with Crippen molar-refractivity contribution in [2.24, 2.45) is 17.6 Å². The Morgan fingerprint density at radius 3 is 2.83 bits per heavy atom. The first-order chi connectivity index (χ1) is 10.5. The molecule has 1 aromatic carbocycles. The second-order valence-electron chi connectivity index (χ2n) is 6.47. The molecule has 5 heteroatoms. The summed E-state index contributed by atoms with van der Waals surface area (Å²) < 4.78 is 5.78. The molecule has 1 amide bonds. The van der Waals surface area contributed by atoms with Gasteiger partial charge in [0.2, 0.25) is 5.91 Å². The number of halogens is 1. The van der Waals surface area contributed by atoms with Crippen molar-refractivity contribution in [1.29, 1.82) is 0 Å². The second kappa shape index (κ2) is 9.14.